The van der Waals surface area contributed by atoms with Crippen molar-refractivity contribution in [1.82, 2.24) is 4.90 Å². The lowest BCUT2D eigenvalue weighted by Crippen LogP contribution is -2.43. The highest BCUT2D eigenvalue weighted by atomic mass is 35.5. The first-order chi connectivity index (χ1) is 10.8. The van der Waals surface area contributed by atoms with Crippen LogP contribution in [-0.2, 0) is 9.63 Å². The Balaban J connectivity index is 2.95. The molecule has 0 aromatic heterocycles. The van der Waals surface area contributed by atoms with E-state index >= 15 is 0 Å². The number of amidine groups is 1. The number of carbonyl (C=O) groups is 1. The maximum atomic E-state index is 13.3. The normalized spacial score (nSPS) is 19.7. The smallest absolute Gasteiger partial charge is 0.332 e. The van der Waals surface area contributed by atoms with Crippen LogP contribution in [-0.4, -0.2) is 47.4 Å². The van der Waals surface area contributed by atoms with Crippen molar-refractivity contribution in [2.75, 3.05) is 19.6 Å². The molecule has 0 unspecified atom stereocenters. The number of likely N-dealkylation sites (tertiary alicyclic amines) is 1. The molecule has 0 aromatic carbocycles. The van der Waals surface area contributed by atoms with Crippen LogP contribution in [0.5, 0.6) is 0 Å². The third kappa shape index (κ3) is 6.64. The van der Waals surface area contributed by atoms with Crippen LogP contribution in [0.25, 0.3) is 0 Å². The second-order valence-electron chi connectivity index (χ2n) is 5.16. The Morgan fingerprint density at radius 2 is 1.96 bits per heavy atom. The number of oxime groups is 1. The fourth-order valence-corrected chi connectivity index (χ4v) is 2.37. The summed E-state index contributed by atoms with van der Waals surface area (Å²) in [4.78, 5) is 21.5. The summed E-state index contributed by atoms with van der Waals surface area (Å²) in [6.45, 7) is 6.00. The standard InChI is InChI=1S/C15H22ClF2N3O2/c1-4-12(10-13(16)20-23-11(3)22)14(19-5-2)21-8-6-15(17,18)7-9-21/h10H,4-9H2,1-3H3/b12-10+,19-14?,20-13+. The Morgan fingerprint density at radius 3 is 2.43 bits per heavy atom. The highest BCUT2D eigenvalue weighted by Gasteiger charge is 2.35. The lowest BCUT2D eigenvalue weighted by Gasteiger charge is -2.34. The first kappa shape index (κ1) is 19.5. The molecular formula is C15H22ClF2N3O2. The van der Waals surface area contributed by atoms with Gasteiger partial charge in [-0.3, -0.25) is 4.99 Å². The zero-order valence-corrected chi connectivity index (χ0v) is 14.4. The van der Waals surface area contributed by atoms with Gasteiger partial charge in [-0.1, -0.05) is 23.7 Å². The Hall–Kier alpha value is -1.50. The fourth-order valence-electron chi connectivity index (χ4n) is 2.20. The molecule has 0 aromatic rings. The predicted molar refractivity (Wildman–Crippen MR) is 87.2 cm³/mol. The first-order valence-corrected chi connectivity index (χ1v) is 7.96. The van der Waals surface area contributed by atoms with E-state index in [-0.39, 0.29) is 31.1 Å². The van der Waals surface area contributed by atoms with Gasteiger partial charge >= 0.3 is 5.97 Å². The van der Waals surface area contributed by atoms with Crippen LogP contribution < -0.4 is 0 Å². The number of halogens is 3. The molecule has 0 radical (unpaired) electrons. The predicted octanol–water partition coefficient (Wildman–Crippen LogP) is 3.59. The van der Waals surface area contributed by atoms with Crippen LogP contribution in [0.15, 0.2) is 21.8 Å². The first-order valence-electron chi connectivity index (χ1n) is 7.58. The lowest BCUT2D eigenvalue weighted by atomic mass is 10.0. The summed E-state index contributed by atoms with van der Waals surface area (Å²) < 4.78 is 26.7. The Labute approximate surface area is 140 Å². The molecule has 1 rings (SSSR count). The fraction of sp³-hybridized carbons (Fsp3) is 0.667. The minimum Gasteiger partial charge on any atom is -0.356 e. The molecule has 8 heteroatoms. The van der Waals surface area contributed by atoms with Gasteiger partial charge in [0.05, 0.1) is 0 Å². The van der Waals surface area contributed by atoms with Crippen LogP contribution in [0.3, 0.4) is 0 Å². The van der Waals surface area contributed by atoms with E-state index in [4.69, 9.17) is 11.6 Å². The summed E-state index contributed by atoms with van der Waals surface area (Å²) in [5.41, 5.74) is 0.762. The van der Waals surface area contributed by atoms with Gasteiger partial charge in [0, 0.05) is 39.4 Å². The van der Waals surface area contributed by atoms with Crippen LogP contribution in [0, 0.1) is 0 Å². The molecular weight excluding hydrogens is 328 g/mol. The molecule has 5 nitrogen and oxygen atoms in total. The highest BCUT2D eigenvalue weighted by Crippen LogP contribution is 2.29. The van der Waals surface area contributed by atoms with E-state index in [1.165, 1.54) is 6.92 Å². The maximum Gasteiger partial charge on any atom is 0.332 e. The third-order valence-electron chi connectivity index (χ3n) is 3.33. The number of alkyl halides is 2. The number of nitrogens with zero attached hydrogens (tertiary/aromatic N) is 3. The molecule has 1 saturated heterocycles. The number of allylic oxidation sites excluding steroid dienone is 1. The van der Waals surface area contributed by atoms with E-state index in [0.29, 0.717) is 18.8 Å². The second-order valence-corrected chi connectivity index (χ2v) is 5.55. The minimum absolute atomic E-state index is 0.00296. The Bertz CT molecular complexity index is 509. The number of piperidine rings is 1. The van der Waals surface area contributed by atoms with Crippen molar-refractivity contribution < 1.29 is 18.4 Å². The van der Waals surface area contributed by atoms with Gasteiger partial charge in [0.15, 0.2) is 5.17 Å². The molecule has 0 N–H and O–H groups in total. The molecule has 0 amide bonds. The largest absolute Gasteiger partial charge is 0.356 e. The summed E-state index contributed by atoms with van der Waals surface area (Å²) >= 11 is 5.93. The van der Waals surface area contributed by atoms with E-state index in [1.54, 1.807) is 6.08 Å². The van der Waals surface area contributed by atoms with E-state index in [2.05, 4.69) is 15.0 Å². The van der Waals surface area contributed by atoms with Crippen molar-refractivity contribution >= 4 is 28.6 Å². The van der Waals surface area contributed by atoms with Gasteiger partial charge in [0.2, 0.25) is 0 Å². The number of aliphatic imine (C=N–C) groups is 1. The van der Waals surface area contributed by atoms with E-state index in [0.717, 1.165) is 5.57 Å². The minimum atomic E-state index is -2.61. The molecule has 23 heavy (non-hydrogen) atoms. The van der Waals surface area contributed by atoms with Crippen molar-refractivity contribution in [1.29, 1.82) is 0 Å². The van der Waals surface area contributed by atoms with Crippen molar-refractivity contribution in [3.63, 3.8) is 0 Å². The van der Waals surface area contributed by atoms with Gasteiger partial charge in [-0.2, -0.15) is 0 Å². The second kappa shape index (κ2) is 8.96. The SMILES string of the molecule is CCN=C(/C(=C/C(Cl)=N\OC(C)=O)CC)N1CCC(F)(F)CC1. The Kier molecular flexibility index (Phi) is 7.61. The molecule has 0 bridgehead atoms. The topological polar surface area (TPSA) is 54.3 Å². The van der Waals surface area contributed by atoms with Crippen LogP contribution in [0.4, 0.5) is 8.78 Å². The molecule has 130 valence electrons. The van der Waals surface area contributed by atoms with E-state index < -0.39 is 11.9 Å². The van der Waals surface area contributed by atoms with Crippen LogP contribution in [0.2, 0.25) is 0 Å². The van der Waals surface area contributed by atoms with Gasteiger partial charge in [-0.15, -0.1) is 0 Å². The van der Waals surface area contributed by atoms with Gasteiger partial charge < -0.3 is 9.74 Å². The zero-order valence-electron chi connectivity index (χ0n) is 13.6. The number of hydrogen-bond donors (Lipinski definition) is 0. The molecule has 0 atom stereocenters. The highest BCUT2D eigenvalue weighted by molar-refractivity contribution is 6.68. The van der Waals surface area contributed by atoms with Crippen molar-refractivity contribution in [2.24, 2.45) is 10.1 Å². The van der Waals surface area contributed by atoms with Gasteiger partial charge in [-0.05, 0) is 25.0 Å². The quantitative estimate of drug-likeness (QED) is 0.330. The van der Waals surface area contributed by atoms with Crippen LogP contribution in [0.1, 0.15) is 40.0 Å². The average Bonchev–Trinajstić information content (AvgIpc) is 2.49. The maximum absolute atomic E-state index is 13.3. The summed E-state index contributed by atoms with van der Waals surface area (Å²) in [5, 5.41) is 3.49. The van der Waals surface area contributed by atoms with Crippen molar-refractivity contribution in [2.45, 2.75) is 46.0 Å². The summed E-state index contributed by atoms with van der Waals surface area (Å²) in [6.07, 6.45) is 1.76. The van der Waals surface area contributed by atoms with Gasteiger partial charge in [0.1, 0.15) is 5.84 Å². The molecule has 1 fully saturated rings. The molecule has 0 aliphatic carbocycles. The van der Waals surface area contributed by atoms with E-state index in [1.807, 2.05) is 18.7 Å². The van der Waals surface area contributed by atoms with E-state index in [9.17, 15) is 13.6 Å². The number of rotatable bonds is 5. The molecule has 0 saturated carbocycles. The summed E-state index contributed by atoms with van der Waals surface area (Å²) in [5.74, 6) is -2.55. The third-order valence-corrected chi connectivity index (χ3v) is 3.50. The van der Waals surface area contributed by atoms with Gasteiger partial charge in [0.25, 0.3) is 5.92 Å². The zero-order chi connectivity index (χ0) is 17.5. The lowest BCUT2D eigenvalue weighted by molar-refractivity contribution is -0.140. The Morgan fingerprint density at radius 1 is 1.35 bits per heavy atom. The monoisotopic (exact) mass is 349 g/mol. The molecule has 1 heterocycles. The summed E-state index contributed by atoms with van der Waals surface area (Å²) in [6, 6.07) is 0. The average molecular weight is 350 g/mol. The molecule has 0 spiro atoms. The summed E-state index contributed by atoms with van der Waals surface area (Å²) in [7, 11) is 0. The molecule has 1 aliphatic heterocycles. The molecule has 1 aliphatic rings. The number of hydrogen-bond acceptors (Lipinski definition) is 4. The van der Waals surface area contributed by atoms with Crippen LogP contribution >= 0.6 is 11.6 Å². The van der Waals surface area contributed by atoms with Crippen molar-refractivity contribution in [3.8, 4) is 0 Å². The van der Waals surface area contributed by atoms with Crippen molar-refractivity contribution in [3.05, 3.63) is 11.6 Å². The van der Waals surface area contributed by atoms with Gasteiger partial charge in [-0.25, -0.2) is 13.6 Å². The number of carbonyl (C=O) groups excluding carboxylic acids is 1.